The highest BCUT2D eigenvalue weighted by Crippen LogP contribution is 2.52. The number of esters is 1. The summed E-state index contributed by atoms with van der Waals surface area (Å²) in [6, 6.07) is 3.79. The maximum atomic E-state index is 12.7. The number of hydrogen-bond acceptors (Lipinski definition) is 7. The van der Waals surface area contributed by atoms with Crippen molar-refractivity contribution in [1.82, 2.24) is 4.90 Å². The van der Waals surface area contributed by atoms with Crippen LogP contribution in [0.1, 0.15) is 23.7 Å². The fourth-order valence-electron chi connectivity index (χ4n) is 4.52. The molecule has 1 aromatic rings. The molecule has 3 aliphatic rings. The van der Waals surface area contributed by atoms with E-state index in [4.69, 9.17) is 4.74 Å². The number of nitro benzene ring substituents is 1. The van der Waals surface area contributed by atoms with Gasteiger partial charge in [0, 0.05) is 17.7 Å². The highest BCUT2D eigenvalue weighted by Gasteiger charge is 2.60. The summed E-state index contributed by atoms with van der Waals surface area (Å²) in [6.07, 6.45) is 4.72. The van der Waals surface area contributed by atoms with Crippen LogP contribution in [-0.2, 0) is 19.1 Å². The molecule has 2 aliphatic carbocycles. The number of nitro groups is 1. The van der Waals surface area contributed by atoms with E-state index >= 15 is 0 Å². The van der Waals surface area contributed by atoms with Gasteiger partial charge in [-0.1, -0.05) is 12.2 Å². The van der Waals surface area contributed by atoms with Crippen molar-refractivity contribution in [3.63, 3.8) is 0 Å². The van der Waals surface area contributed by atoms with Crippen LogP contribution < -0.4 is 0 Å². The molecule has 0 spiro atoms. The fraction of sp³-hybridized carbons (Fsp3) is 0.400. The normalized spacial score (nSPS) is 27.8. The van der Waals surface area contributed by atoms with Crippen LogP contribution in [-0.4, -0.2) is 46.0 Å². The largest absolute Gasteiger partial charge is 0.456 e. The lowest BCUT2D eigenvalue weighted by atomic mass is 9.85. The molecule has 29 heavy (non-hydrogen) atoms. The zero-order valence-electron chi connectivity index (χ0n) is 15.5. The van der Waals surface area contributed by atoms with Crippen LogP contribution in [0.25, 0.3) is 0 Å². The third-order valence-electron chi connectivity index (χ3n) is 5.98. The van der Waals surface area contributed by atoms with Gasteiger partial charge in [-0.25, -0.2) is 4.79 Å². The van der Waals surface area contributed by atoms with Gasteiger partial charge in [0.05, 0.1) is 16.8 Å². The van der Waals surface area contributed by atoms with Crippen LogP contribution in [0, 0.1) is 33.8 Å². The molecule has 9 heteroatoms. The van der Waals surface area contributed by atoms with Gasteiger partial charge >= 0.3 is 5.97 Å². The quantitative estimate of drug-likeness (QED) is 0.178. The molecule has 1 heterocycles. The van der Waals surface area contributed by atoms with Gasteiger partial charge in [0.25, 0.3) is 5.69 Å². The summed E-state index contributed by atoms with van der Waals surface area (Å²) in [5.74, 6) is -2.84. The number of ketones is 1. The van der Waals surface area contributed by atoms with Gasteiger partial charge in [0.2, 0.25) is 11.8 Å². The smallest absolute Gasteiger partial charge is 0.329 e. The number of non-ortho nitro benzene ring substituents is 1. The Balaban J connectivity index is 1.37. The molecule has 4 rings (SSSR count). The molecular formula is C20H18N2O7. The first-order valence-corrected chi connectivity index (χ1v) is 9.29. The third kappa shape index (κ3) is 3.02. The van der Waals surface area contributed by atoms with Gasteiger partial charge in [-0.2, -0.15) is 0 Å². The number of carbonyl (C=O) groups excluding carboxylic acids is 4. The first kappa shape index (κ1) is 19.0. The van der Waals surface area contributed by atoms with E-state index in [0.717, 1.165) is 11.3 Å². The summed E-state index contributed by atoms with van der Waals surface area (Å²) in [5.41, 5.74) is -0.00575. The number of ether oxygens (including phenoxy) is 1. The molecule has 1 aliphatic heterocycles. The second-order valence-electron chi connectivity index (χ2n) is 7.56. The molecule has 0 aromatic heterocycles. The minimum atomic E-state index is -1.12. The van der Waals surface area contributed by atoms with Crippen molar-refractivity contribution in [2.75, 3.05) is 6.61 Å². The topological polar surface area (TPSA) is 124 Å². The monoisotopic (exact) mass is 398 g/mol. The molecule has 5 atom stereocenters. The molecule has 150 valence electrons. The van der Waals surface area contributed by atoms with Crippen molar-refractivity contribution < 1.29 is 28.8 Å². The number of rotatable bonds is 6. The molecule has 1 saturated carbocycles. The second-order valence-corrected chi connectivity index (χ2v) is 7.56. The maximum Gasteiger partial charge on any atom is 0.329 e. The average Bonchev–Trinajstić information content (AvgIpc) is 3.39. The molecule has 0 unspecified atom stereocenters. The van der Waals surface area contributed by atoms with Gasteiger partial charge in [0.15, 0.2) is 12.4 Å². The van der Waals surface area contributed by atoms with E-state index in [2.05, 4.69) is 0 Å². The van der Waals surface area contributed by atoms with Gasteiger partial charge < -0.3 is 4.74 Å². The van der Waals surface area contributed by atoms with Crippen LogP contribution in [0.15, 0.2) is 36.4 Å². The van der Waals surface area contributed by atoms with E-state index in [9.17, 15) is 29.3 Å². The Morgan fingerprint density at radius 3 is 2.21 bits per heavy atom. The molecule has 1 aromatic carbocycles. The summed E-state index contributed by atoms with van der Waals surface area (Å²) in [6.45, 7) is 0.821. The molecule has 0 N–H and O–H groups in total. The first-order chi connectivity index (χ1) is 13.8. The molecule has 9 nitrogen and oxygen atoms in total. The van der Waals surface area contributed by atoms with Crippen molar-refractivity contribution in [2.24, 2.45) is 23.7 Å². The van der Waals surface area contributed by atoms with Crippen LogP contribution in [0.2, 0.25) is 0 Å². The number of allylic oxidation sites excluding steroid dienone is 2. The van der Waals surface area contributed by atoms with Crippen molar-refractivity contribution in [2.45, 2.75) is 19.4 Å². The van der Waals surface area contributed by atoms with E-state index in [0.29, 0.717) is 0 Å². The SMILES string of the molecule is C[C@@H](C(=O)OCC(=O)c1ccc([N+](=O)[O-])cc1)N1C(=O)[C@@H]2[C@@H](C1=O)[C@H]1C=C[C@@H]2C1. The molecule has 0 radical (unpaired) electrons. The minimum Gasteiger partial charge on any atom is -0.456 e. The zero-order chi connectivity index (χ0) is 20.9. The van der Waals surface area contributed by atoms with Crippen molar-refractivity contribution in [3.8, 4) is 0 Å². The Kier molecular flexibility index (Phi) is 4.52. The number of fused-ring (bicyclic) bond motifs is 5. The van der Waals surface area contributed by atoms with E-state index in [1.807, 2.05) is 12.2 Å². The second kappa shape index (κ2) is 6.91. The Bertz CT molecular complexity index is 922. The molecule has 2 amide bonds. The Morgan fingerprint density at radius 2 is 1.69 bits per heavy atom. The molecular weight excluding hydrogens is 380 g/mol. The first-order valence-electron chi connectivity index (χ1n) is 9.29. The summed E-state index contributed by atoms with van der Waals surface area (Å²) >= 11 is 0. The standard InChI is InChI=1S/C20H18N2O7/c1-10(21-18(24)16-12-2-3-13(8-12)17(16)19(21)25)20(26)29-9-15(23)11-4-6-14(7-5-11)22(27)28/h2-7,10,12-13,16-17H,8-9H2,1H3/t10-,12-,13+,16-,17-/m0/s1. The van der Waals surface area contributed by atoms with E-state index in [-0.39, 0.29) is 34.9 Å². The molecule has 1 saturated heterocycles. The van der Waals surface area contributed by atoms with Crippen LogP contribution >= 0.6 is 0 Å². The number of imide groups is 1. The number of Topliss-reactive ketones (excluding diaryl/α,β-unsaturated/α-hetero) is 1. The Hall–Kier alpha value is -3.36. The lowest BCUT2D eigenvalue weighted by Gasteiger charge is -2.23. The van der Waals surface area contributed by atoms with Gasteiger partial charge in [-0.15, -0.1) is 0 Å². The molecule has 2 bridgehead atoms. The number of hydrogen-bond donors (Lipinski definition) is 0. The lowest BCUT2D eigenvalue weighted by molar-refractivity contribution is -0.384. The number of carbonyl (C=O) groups is 4. The van der Waals surface area contributed by atoms with E-state index < -0.39 is 41.2 Å². The Morgan fingerprint density at radius 1 is 1.14 bits per heavy atom. The van der Waals surface area contributed by atoms with Crippen molar-refractivity contribution in [3.05, 3.63) is 52.1 Å². The molecule has 2 fully saturated rings. The summed E-state index contributed by atoms with van der Waals surface area (Å²) in [7, 11) is 0. The fourth-order valence-corrected chi connectivity index (χ4v) is 4.52. The average molecular weight is 398 g/mol. The Labute approximate surface area is 165 Å². The summed E-state index contributed by atoms with van der Waals surface area (Å²) in [5, 5.41) is 10.7. The summed E-state index contributed by atoms with van der Waals surface area (Å²) < 4.78 is 5.01. The van der Waals surface area contributed by atoms with Crippen LogP contribution in [0.4, 0.5) is 5.69 Å². The highest BCUT2D eigenvalue weighted by atomic mass is 16.6. The van der Waals surface area contributed by atoms with Gasteiger partial charge in [-0.3, -0.25) is 29.4 Å². The predicted octanol–water partition coefficient (Wildman–Crippen LogP) is 1.52. The minimum absolute atomic E-state index is 0.0402. The maximum absolute atomic E-state index is 12.7. The lowest BCUT2D eigenvalue weighted by Crippen LogP contribution is -2.45. The van der Waals surface area contributed by atoms with E-state index in [1.54, 1.807) is 0 Å². The highest BCUT2D eigenvalue weighted by molar-refractivity contribution is 6.09. The zero-order valence-corrected chi connectivity index (χ0v) is 15.5. The van der Waals surface area contributed by atoms with Crippen LogP contribution in [0.5, 0.6) is 0 Å². The number of benzene rings is 1. The van der Waals surface area contributed by atoms with Crippen LogP contribution in [0.3, 0.4) is 0 Å². The summed E-state index contributed by atoms with van der Waals surface area (Å²) in [4.78, 5) is 61.0. The van der Waals surface area contributed by atoms with Crippen molar-refractivity contribution >= 4 is 29.3 Å². The van der Waals surface area contributed by atoms with Crippen molar-refractivity contribution in [1.29, 1.82) is 0 Å². The van der Waals surface area contributed by atoms with E-state index in [1.165, 1.54) is 31.2 Å². The number of likely N-dealkylation sites (tertiary alicyclic amines) is 1. The predicted molar refractivity (Wildman–Crippen MR) is 97.4 cm³/mol. The number of amides is 2. The third-order valence-corrected chi connectivity index (χ3v) is 5.98. The van der Waals surface area contributed by atoms with Gasteiger partial charge in [-0.05, 0) is 37.3 Å². The van der Waals surface area contributed by atoms with Gasteiger partial charge in [0.1, 0.15) is 6.04 Å². The number of nitrogens with zero attached hydrogens (tertiary/aromatic N) is 2.